The molecule has 0 radical (unpaired) electrons. The number of benzene rings is 2. The van der Waals surface area contributed by atoms with Crippen LogP contribution < -0.4 is 11.5 Å². The van der Waals surface area contributed by atoms with Crippen LogP contribution in [0.3, 0.4) is 0 Å². The number of nitrogens with zero attached hydrogens (tertiary/aromatic N) is 1. The Bertz CT molecular complexity index is 856. The lowest BCUT2D eigenvalue weighted by atomic mass is 10.1. The van der Waals surface area contributed by atoms with Crippen molar-refractivity contribution in [1.29, 1.82) is 0 Å². The summed E-state index contributed by atoms with van der Waals surface area (Å²) in [6, 6.07) is 14.5. The van der Waals surface area contributed by atoms with Crippen LogP contribution in [0, 0.1) is 0 Å². The topological polar surface area (TPSA) is 97.8 Å². The van der Waals surface area contributed by atoms with Gasteiger partial charge in [0.15, 0.2) is 0 Å². The quantitative estimate of drug-likeness (QED) is 0.547. The number of carbonyl (C=O) groups is 1. The second kappa shape index (κ2) is 7.94. The fraction of sp³-hybridized carbons (Fsp3) is 0.300. The van der Waals surface area contributed by atoms with E-state index in [0.29, 0.717) is 6.42 Å². The van der Waals surface area contributed by atoms with Crippen LogP contribution in [0.15, 0.2) is 48.7 Å². The summed E-state index contributed by atoms with van der Waals surface area (Å²) in [5, 5.41) is 2.42. The minimum Gasteiger partial charge on any atom is -0.370 e. The van der Waals surface area contributed by atoms with Crippen molar-refractivity contribution in [3.05, 3.63) is 54.5 Å². The standard InChI is InChI=1S/C20H24N4O/c21-17(8-2-1-3-9-19(22)25)20-23-13-18(24-20)16-11-10-14-6-4-5-7-15(14)12-16/h4-7,10-13,17H,1-3,8-9,21H2,(H2,22,25)(H,23,24)/t17-/m0/s1. The highest BCUT2D eigenvalue weighted by atomic mass is 16.1. The molecule has 0 aliphatic heterocycles. The summed E-state index contributed by atoms with van der Waals surface area (Å²) < 4.78 is 0. The lowest BCUT2D eigenvalue weighted by Gasteiger charge is -2.08. The number of H-pyrrole nitrogens is 1. The number of nitrogens with one attached hydrogen (secondary N) is 1. The summed E-state index contributed by atoms with van der Waals surface area (Å²) >= 11 is 0. The molecule has 0 saturated carbocycles. The van der Waals surface area contributed by atoms with Gasteiger partial charge < -0.3 is 16.5 Å². The number of rotatable bonds is 8. The van der Waals surface area contributed by atoms with Crippen molar-refractivity contribution < 1.29 is 4.79 Å². The van der Waals surface area contributed by atoms with Gasteiger partial charge in [-0.3, -0.25) is 4.79 Å². The van der Waals surface area contributed by atoms with Gasteiger partial charge in [-0.2, -0.15) is 0 Å². The molecule has 25 heavy (non-hydrogen) atoms. The van der Waals surface area contributed by atoms with Crippen molar-refractivity contribution in [3.63, 3.8) is 0 Å². The maximum absolute atomic E-state index is 10.7. The molecule has 3 rings (SSSR count). The van der Waals surface area contributed by atoms with Crippen molar-refractivity contribution in [2.45, 2.75) is 38.1 Å². The van der Waals surface area contributed by atoms with Crippen molar-refractivity contribution in [3.8, 4) is 11.3 Å². The van der Waals surface area contributed by atoms with Gasteiger partial charge in [0, 0.05) is 12.0 Å². The molecule has 1 amide bonds. The van der Waals surface area contributed by atoms with E-state index < -0.39 is 0 Å². The van der Waals surface area contributed by atoms with E-state index in [1.54, 1.807) is 0 Å². The summed E-state index contributed by atoms with van der Waals surface area (Å²) in [7, 11) is 0. The molecular weight excluding hydrogens is 312 g/mol. The highest BCUT2D eigenvalue weighted by Gasteiger charge is 2.11. The van der Waals surface area contributed by atoms with Crippen LogP contribution in [0.1, 0.15) is 44.0 Å². The molecule has 0 spiro atoms. The van der Waals surface area contributed by atoms with Gasteiger partial charge in [0.25, 0.3) is 0 Å². The smallest absolute Gasteiger partial charge is 0.217 e. The highest BCUT2D eigenvalue weighted by Crippen LogP contribution is 2.24. The van der Waals surface area contributed by atoms with Gasteiger partial charge in [-0.05, 0) is 29.7 Å². The van der Waals surface area contributed by atoms with Gasteiger partial charge >= 0.3 is 0 Å². The van der Waals surface area contributed by atoms with E-state index in [9.17, 15) is 4.79 Å². The monoisotopic (exact) mass is 336 g/mol. The molecule has 5 nitrogen and oxygen atoms in total. The van der Waals surface area contributed by atoms with Crippen LogP contribution in [0.25, 0.3) is 22.0 Å². The summed E-state index contributed by atoms with van der Waals surface area (Å²) in [5.74, 6) is 0.563. The zero-order valence-corrected chi connectivity index (χ0v) is 14.2. The zero-order valence-electron chi connectivity index (χ0n) is 14.2. The molecule has 3 aromatic rings. The average Bonchev–Trinajstić information content (AvgIpc) is 3.11. The second-order valence-electron chi connectivity index (χ2n) is 6.42. The van der Waals surface area contributed by atoms with Crippen LogP contribution in [-0.4, -0.2) is 15.9 Å². The van der Waals surface area contributed by atoms with Crippen LogP contribution in [0.2, 0.25) is 0 Å². The maximum atomic E-state index is 10.7. The number of hydrogen-bond acceptors (Lipinski definition) is 3. The third-order valence-corrected chi connectivity index (χ3v) is 4.45. The minimum atomic E-state index is -0.240. The Morgan fingerprint density at radius 1 is 1.08 bits per heavy atom. The molecular formula is C20H24N4O. The van der Waals surface area contributed by atoms with Gasteiger partial charge in [0.05, 0.1) is 17.9 Å². The molecule has 130 valence electrons. The minimum absolute atomic E-state index is 0.122. The molecule has 0 aliphatic carbocycles. The summed E-state index contributed by atoms with van der Waals surface area (Å²) in [6.07, 6.45) is 5.86. The van der Waals surface area contributed by atoms with Crippen LogP contribution in [-0.2, 0) is 4.79 Å². The van der Waals surface area contributed by atoms with E-state index >= 15 is 0 Å². The van der Waals surface area contributed by atoms with Gasteiger partial charge in [-0.15, -0.1) is 0 Å². The Hall–Kier alpha value is -2.66. The number of primary amides is 1. The van der Waals surface area contributed by atoms with Crippen molar-refractivity contribution in [2.75, 3.05) is 0 Å². The number of amides is 1. The first-order valence-electron chi connectivity index (χ1n) is 8.71. The average molecular weight is 336 g/mol. The van der Waals surface area contributed by atoms with E-state index in [2.05, 4.69) is 40.3 Å². The Balaban J connectivity index is 1.61. The van der Waals surface area contributed by atoms with E-state index in [1.165, 1.54) is 10.8 Å². The number of hydrogen-bond donors (Lipinski definition) is 3. The van der Waals surface area contributed by atoms with Gasteiger partial charge in [-0.1, -0.05) is 49.2 Å². The molecule has 0 saturated heterocycles. The predicted octanol–water partition coefficient (Wildman–Crippen LogP) is 3.67. The molecule has 2 aromatic carbocycles. The SMILES string of the molecule is NC(=O)CCCCC[C@H](N)c1ncc(-c2ccc3ccccc3c2)[nH]1. The third kappa shape index (κ3) is 4.45. The Labute approximate surface area is 147 Å². The number of aromatic amines is 1. The summed E-state index contributed by atoms with van der Waals surface area (Å²) in [5.41, 5.74) is 13.5. The Morgan fingerprint density at radius 3 is 2.68 bits per heavy atom. The molecule has 0 fully saturated rings. The van der Waals surface area contributed by atoms with E-state index in [0.717, 1.165) is 42.8 Å². The first kappa shape index (κ1) is 17.2. The van der Waals surface area contributed by atoms with Gasteiger partial charge in [0.1, 0.15) is 5.82 Å². The van der Waals surface area contributed by atoms with E-state index in [-0.39, 0.29) is 11.9 Å². The van der Waals surface area contributed by atoms with Gasteiger partial charge in [-0.25, -0.2) is 4.98 Å². The van der Waals surface area contributed by atoms with Gasteiger partial charge in [0.2, 0.25) is 5.91 Å². The van der Waals surface area contributed by atoms with Crippen molar-refractivity contribution in [2.24, 2.45) is 11.5 Å². The zero-order chi connectivity index (χ0) is 17.6. The first-order valence-corrected chi connectivity index (χ1v) is 8.71. The normalized spacial score (nSPS) is 12.4. The van der Waals surface area contributed by atoms with Crippen LogP contribution in [0.4, 0.5) is 0 Å². The molecule has 0 unspecified atom stereocenters. The molecule has 1 heterocycles. The summed E-state index contributed by atoms with van der Waals surface area (Å²) in [4.78, 5) is 18.5. The molecule has 0 aliphatic rings. The van der Waals surface area contributed by atoms with E-state index in [1.807, 2.05) is 18.3 Å². The van der Waals surface area contributed by atoms with Crippen LogP contribution >= 0.6 is 0 Å². The molecule has 5 heteroatoms. The molecule has 5 N–H and O–H groups in total. The number of fused-ring (bicyclic) bond motifs is 1. The predicted molar refractivity (Wildman–Crippen MR) is 101 cm³/mol. The molecule has 1 atom stereocenters. The highest BCUT2D eigenvalue weighted by molar-refractivity contribution is 5.86. The first-order chi connectivity index (χ1) is 12.1. The number of aromatic nitrogens is 2. The Morgan fingerprint density at radius 2 is 1.88 bits per heavy atom. The maximum Gasteiger partial charge on any atom is 0.217 e. The summed E-state index contributed by atoms with van der Waals surface area (Å²) in [6.45, 7) is 0. The lowest BCUT2D eigenvalue weighted by molar-refractivity contribution is -0.118. The fourth-order valence-electron chi connectivity index (χ4n) is 3.01. The number of imidazole rings is 1. The fourth-order valence-corrected chi connectivity index (χ4v) is 3.01. The van der Waals surface area contributed by atoms with Crippen molar-refractivity contribution in [1.82, 2.24) is 9.97 Å². The van der Waals surface area contributed by atoms with Crippen LogP contribution in [0.5, 0.6) is 0 Å². The number of carbonyl (C=O) groups excluding carboxylic acids is 1. The molecule has 0 bridgehead atoms. The van der Waals surface area contributed by atoms with E-state index in [4.69, 9.17) is 11.5 Å². The molecule has 1 aromatic heterocycles. The largest absolute Gasteiger partial charge is 0.370 e. The Kier molecular flexibility index (Phi) is 5.46. The lowest BCUT2D eigenvalue weighted by Crippen LogP contribution is -2.12. The number of nitrogens with two attached hydrogens (primary N) is 2. The number of unbranched alkanes of at least 4 members (excludes halogenated alkanes) is 2. The third-order valence-electron chi connectivity index (χ3n) is 4.45. The van der Waals surface area contributed by atoms with Crippen molar-refractivity contribution >= 4 is 16.7 Å². The second-order valence-corrected chi connectivity index (χ2v) is 6.42.